The van der Waals surface area contributed by atoms with Crippen LogP contribution < -0.4 is 4.90 Å². The summed E-state index contributed by atoms with van der Waals surface area (Å²) in [6.45, 7) is 0. The molecule has 60 heavy (non-hydrogen) atoms. The van der Waals surface area contributed by atoms with Crippen LogP contribution in [0.25, 0.3) is 88.3 Å². The minimum absolute atomic E-state index is 0.867. The molecule has 0 aliphatic heterocycles. The molecule has 0 unspecified atom stereocenters. The molecule has 0 aliphatic rings. The Labute approximate surface area is 349 Å². The lowest BCUT2D eigenvalue weighted by Gasteiger charge is -2.29. The average Bonchev–Trinajstić information content (AvgIpc) is 3.77. The molecule has 0 saturated carbocycles. The smallest absolute Gasteiger partial charge is 0.135 e. The molecule has 2 heteroatoms. The van der Waals surface area contributed by atoms with Gasteiger partial charge in [0.15, 0.2) is 0 Å². The Morgan fingerprint density at radius 1 is 0.283 bits per heavy atom. The Bertz CT molecular complexity index is 3270. The third kappa shape index (κ3) is 6.41. The third-order valence-corrected chi connectivity index (χ3v) is 11.7. The molecule has 0 saturated heterocycles. The molecule has 0 radical (unpaired) electrons. The Morgan fingerprint density at radius 3 is 1.65 bits per heavy atom. The van der Waals surface area contributed by atoms with Gasteiger partial charge in [-0.25, -0.2) is 0 Å². The van der Waals surface area contributed by atoms with Crippen LogP contribution in [0.2, 0.25) is 0 Å². The van der Waals surface area contributed by atoms with Gasteiger partial charge in [-0.2, -0.15) is 0 Å². The van der Waals surface area contributed by atoms with Gasteiger partial charge in [0.05, 0.1) is 11.4 Å². The Hall–Kier alpha value is -7.94. The van der Waals surface area contributed by atoms with Crippen LogP contribution in [0.15, 0.2) is 241 Å². The van der Waals surface area contributed by atoms with Crippen molar-refractivity contribution in [3.05, 3.63) is 237 Å². The molecule has 0 bridgehead atoms. The lowest BCUT2D eigenvalue weighted by atomic mass is 9.94. The van der Waals surface area contributed by atoms with Gasteiger partial charge in [0.1, 0.15) is 11.3 Å². The Kier molecular flexibility index (Phi) is 8.87. The standard InChI is InChI=1S/C58H39NO/c1-2-14-43(15-3-1)52-22-9-10-26-55(52)59(48-34-32-41(33-35-48)40-28-30-44(31-29-40)50-25-13-18-42-16-4-6-21-49(42)50)56-37-36-51(53-23-7-8-24-54(53)56)45-19-12-20-46(38-45)58-39-47-17-5-11-27-57(47)60-58/h1-39H. The molecular formula is C58H39NO. The van der Waals surface area contributed by atoms with Gasteiger partial charge in [0.25, 0.3) is 0 Å². The summed E-state index contributed by atoms with van der Waals surface area (Å²) in [7, 11) is 0. The Morgan fingerprint density at radius 2 is 0.833 bits per heavy atom. The number of benzene rings is 10. The quantitative estimate of drug-likeness (QED) is 0.153. The van der Waals surface area contributed by atoms with Crippen molar-refractivity contribution in [2.24, 2.45) is 0 Å². The maximum Gasteiger partial charge on any atom is 0.135 e. The van der Waals surface area contributed by atoms with E-state index in [9.17, 15) is 0 Å². The first-order chi connectivity index (χ1) is 29.7. The Balaban J connectivity index is 1.01. The second kappa shape index (κ2) is 15.1. The minimum Gasteiger partial charge on any atom is -0.456 e. The number of rotatable bonds is 8. The number of fused-ring (bicyclic) bond motifs is 3. The highest BCUT2D eigenvalue weighted by atomic mass is 16.3. The maximum absolute atomic E-state index is 6.30. The molecule has 10 aromatic carbocycles. The van der Waals surface area contributed by atoms with Gasteiger partial charge in [-0.05, 0) is 97.6 Å². The molecule has 0 aliphatic carbocycles. The van der Waals surface area contributed by atoms with Crippen LogP contribution in [0, 0.1) is 0 Å². The highest BCUT2D eigenvalue weighted by molar-refractivity contribution is 6.07. The van der Waals surface area contributed by atoms with E-state index in [1.807, 2.05) is 18.2 Å². The second-order valence-corrected chi connectivity index (χ2v) is 15.3. The molecule has 0 spiro atoms. The fourth-order valence-electron chi connectivity index (χ4n) is 8.75. The van der Waals surface area contributed by atoms with Crippen molar-refractivity contribution in [1.82, 2.24) is 0 Å². The van der Waals surface area contributed by atoms with Crippen LogP contribution in [0.1, 0.15) is 0 Å². The molecule has 11 rings (SSSR count). The van der Waals surface area contributed by atoms with Crippen molar-refractivity contribution in [1.29, 1.82) is 0 Å². The van der Waals surface area contributed by atoms with Gasteiger partial charge >= 0.3 is 0 Å². The summed E-state index contributed by atoms with van der Waals surface area (Å²) in [4.78, 5) is 2.42. The predicted molar refractivity (Wildman–Crippen MR) is 253 cm³/mol. The molecule has 2 nitrogen and oxygen atoms in total. The lowest BCUT2D eigenvalue weighted by Crippen LogP contribution is -2.12. The topological polar surface area (TPSA) is 16.4 Å². The summed E-state index contributed by atoms with van der Waals surface area (Å²) < 4.78 is 6.30. The van der Waals surface area contributed by atoms with E-state index in [-0.39, 0.29) is 0 Å². The summed E-state index contributed by atoms with van der Waals surface area (Å²) in [5, 5.41) is 5.97. The van der Waals surface area contributed by atoms with E-state index < -0.39 is 0 Å². The van der Waals surface area contributed by atoms with E-state index in [0.717, 1.165) is 50.5 Å². The van der Waals surface area contributed by atoms with Gasteiger partial charge in [-0.1, -0.05) is 194 Å². The van der Waals surface area contributed by atoms with Crippen molar-refractivity contribution in [2.45, 2.75) is 0 Å². The predicted octanol–water partition coefficient (Wildman–Crippen LogP) is 16.5. The van der Waals surface area contributed by atoms with E-state index in [4.69, 9.17) is 4.42 Å². The summed E-state index contributed by atoms with van der Waals surface area (Å²) in [5.41, 5.74) is 14.7. The summed E-state index contributed by atoms with van der Waals surface area (Å²) in [6, 6.07) is 84.9. The van der Waals surface area contributed by atoms with E-state index >= 15 is 0 Å². The van der Waals surface area contributed by atoms with Crippen molar-refractivity contribution in [2.75, 3.05) is 4.90 Å². The van der Waals surface area contributed by atoms with Crippen LogP contribution in [0.4, 0.5) is 17.1 Å². The largest absolute Gasteiger partial charge is 0.456 e. The lowest BCUT2D eigenvalue weighted by molar-refractivity contribution is 0.631. The van der Waals surface area contributed by atoms with Crippen molar-refractivity contribution >= 4 is 49.6 Å². The van der Waals surface area contributed by atoms with Crippen LogP contribution in [-0.2, 0) is 0 Å². The second-order valence-electron chi connectivity index (χ2n) is 15.3. The molecule has 1 heterocycles. The minimum atomic E-state index is 0.867. The van der Waals surface area contributed by atoms with Gasteiger partial charge in [-0.3, -0.25) is 0 Å². The molecule has 0 N–H and O–H groups in total. The zero-order valence-corrected chi connectivity index (χ0v) is 32.9. The molecule has 282 valence electrons. The van der Waals surface area contributed by atoms with Crippen LogP contribution >= 0.6 is 0 Å². The van der Waals surface area contributed by atoms with E-state index in [1.165, 1.54) is 54.9 Å². The fourth-order valence-corrected chi connectivity index (χ4v) is 8.75. The number of para-hydroxylation sites is 2. The number of anilines is 3. The molecule has 1 aromatic heterocycles. The van der Waals surface area contributed by atoms with Crippen molar-refractivity contribution in [3.63, 3.8) is 0 Å². The third-order valence-electron chi connectivity index (χ3n) is 11.7. The van der Waals surface area contributed by atoms with Crippen LogP contribution in [0.5, 0.6) is 0 Å². The molecular weight excluding hydrogens is 727 g/mol. The fraction of sp³-hybridized carbons (Fsp3) is 0. The molecule has 0 fully saturated rings. The first-order valence-electron chi connectivity index (χ1n) is 20.5. The highest BCUT2D eigenvalue weighted by Gasteiger charge is 2.21. The van der Waals surface area contributed by atoms with Gasteiger partial charge < -0.3 is 9.32 Å². The molecule has 11 aromatic rings. The number of furan rings is 1. The number of nitrogens with zero attached hydrogens (tertiary/aromatic N) is 1. The highest BCUT2D eigenvalue weighted by Crippen LogP contribution is 2.46. The molecule has 0 atom stereocenters. The molecule has 0 amide bonds. The number of hydrogen-bond donors (Lipinski definition) is 0. The first-order valence-corrected chi connectivity index (χ1v) is 20.5. The van der Waals surface area contributed by atoms with Gasteiger partial charge in [0.2, 0.25) is 0 Å². The van der Waals surface area contributed by atoms with Gasteiger partial charge in [-0.15, -0.1) is 0 Å². The van der Waals surface area contributed by atoms with E-state index in [2.05, 4.69) is 223 Å². The monoisotopic (exact) mass is 765 g/mol. The van der Waals surface area contributed by atoms with E-state index in [0.29, 0.717) is 0 Å². The average molecular weight is 766 g/mol. The zero-order valence-electron chi connectivity index (χ0n) is 32.9. The summed E-state index contributed by atoms with van der Waals surface area (Å²) in [5.74, 6) is 0.867. The van der Waals surface area contributed by atoms with Crippen LogP contribution in [0.3, 0.4) is 0 Å². The normalized spacial score (nSPS) is 11.3. The van der Waals surface area contributed by atoms with E-state index in [1.54, 1.807) is 0 Å². The number of hydrogen-bond acceptors (Lipinski definition) is 2. The van der Waals surface area contributed by atoms with Crippen LogP contribution in [-0.4, -0.2) is 0 Å². The van der Waals surface area contributed by atoms with Crippen molar-refractivity contribution in [3.8, 4) is 55.8 Å². The van der Waals surface area contributed by atoms with Gasteiger partial charge in [0, 0.05) is 27.6 Å². The van der Waals surface area contributed by atoms with Crippen molar-refractivity contribution < 1.29 is 4.42 Å². The summed E-state index contributed by atoms with van der Waals surface area (Å²) >= 11 is 0. The first kappa shape index (κ1) is 35.2. The maximum atomic E-state index is 6.30. The zero-order chi connectivity index (χ0) is 39.8. The summed E-state index contributed by atoms with van der Waals surface area (Å²) in [6.07, 6.45) is 0. The SMILES string of the molecule is c1ccc(-c2ccccc2N(c2ccc(-c3ccc(-c4cccc5ccccc45)cc3)cc2)c2ccc(-c3cccc(-c4cc5ccccc5o4)c3)c3ccccc23)cc1.